The molecule has 10 heteroatoms. The van der Waals surface area contributed by atoms with Crippen molar-refractivity contribution in [2.75, 3.05) is 23.7 Å². The summed E-state index contributed by atoms with van der Waals surface area (Å²) in [4.78, 5) is 12.3. The third-order valence-electron chi connectivity index (χ3n) is 3.87. The topological polar surface area (TPSA) is 75.7 Å². The van der Waals surface area contributed by atoms with Crippen LogP contribution in [0.4, 0.5) is 18.9 Å². The molecular weight excluding hydrogens is 409 g/mol. The first-order chi connectivity index (χ1) is 13.5. The molecule has 0 aromatic heterocycles. The molecule has 29 heavy (non-hydrogen) atoms. The van der Waals surface area contributed by atoms with Gasteiger partial charge in [-0.25, -0.2) is 8.42 Å². The van der Waals surface area contributed by atoms with Gasteiger partial charge in [-0.3, -0.25) is 9.10 Å². The van der Waals surface area contributed by atoms with Gasteiger partial charge in [0.1, 0.15) is 12.3 Å². The third-order valence-corrected chi connectivity index (χ3v) is 4.99. The second kappa shape index (κ2) is 9.17. The Morgan fingerprint density at radius 2 is 1.83 bits per heavy atom. The highest BCUT2D eigenvalue weighted by Gasteiger charge is 2.30. The van der Waals surface area contributed by atoms with E-state index in [1.54, 1.807) is 25.1 Å². The molecule has 0 atom stereocenters. The summed E-state index contributed by atoms with van der Waals surface area (Å²) in [5.41, 5.74) is -0.382. The van der Waals surface area contributed by atoms with Crippen molar-refractivity contribution in [1.82, 2.24) is 5.32 Å². The van der Waals surface area contributed by atoms with Crippen LogP contribution in [0.5, 0.6) is 5.75 Å². The van der Waals surface area contributed by atoms with Crippen LogP contribution < -0.4 is 14.4 Å². The van der Waals surface area contributed by atoms with Crippen LogP contribution in [0.15, 0.2) is 48.5 Å². The number of para-hydroxylation sites is 2. The van der Waals surface area contributed by atoms with Gasteiger partial charge >= 0.3 is 6.18 Å². The van der Waals surface area contributed by atoms with Crippen LogP contribution in [0, 0.1) is 0 Å². The lowest BCUT2D eigenvalue weighted by Crippen LogP contribution is -2.40. The second-order valence-electron chi connectivity index (χ2n) is 6.15. The Hall–Kier alpha value is -2.75. The lowest BCUT2D eigenvalue weighted by atomic mass is 10.1. The Kier molecular flexibility index (Phi) is 7.12. The molecule has 6 nitrogen and oxygen atoms in total. The molecule has 1 N–H and O–H groups in total. The molecule has 0 saturated carbocycles. The van der Waals surface area contributed by atoms with Crippen molar-refractivity contribution < 1.29 is 31.1 Å². The number of hydrogen-bond acceptors (Lipinski definition) is 4. The van der Waals surface area contributed by atoms with Gasteiger partial charge in [-0.2, -0.15) is 13.2 Å². The van der Waals surface area contributed by atoms with Gasteiger partial charge in [0.2, 0.25) is 15.9 Å². The van der Waals surface area contributed by atoms with Gasteiger partial charge in [-0.1, -0.05) is 24.3 Å². The number of halogens is 3. The zero-order chi connectivity index (χ0) is 21.7. The highest BCUT2D eigenvalue weighted by molar-refractivity contribution is 7.92. The molecule has 0 saturated heterocycles. The molecule has 2 aromatic carbocycles. The van der Waals surface area contributed by atoms with Crippen molar-refractivity contribution >= 4 is 21.6 Å². The number of alkyl halides is 3. The van der Waals surface area contributed by atoms with E-state index in [0.29, 0.717) is 12.4 Å². The van der Waals surface area contributed by atoms with Crippen molar-refractivity contribution in [3.63, 3.8) is 0 Å². The van der Waals surface area contributed by atoms with E-state index in [1.165, 1.54) is 18.2 Å². The number of nitrogens with one attached hydrogen (secondary N) is 1. The van der Waals surface area contributed by atoms with Crippen molar-refractivity contribution in [1.29, 1.82) is 0 Å². The van der Waals surface area contributed by atoms with Gasteiger partial charge in [0.25, 0.3) is 0 Å². The lowest BCUT2D eigenvalue weighted by molar-refractivity contribution is -0.137. The van der Waals surface area contributed by atoms with Crippen LogP contribution in [0.25, 0.3) is 0 Å². The summed E-state index contributed by atoms with van der Waals surface area (Å²) in [6.07, 6.45) is -3.54. The summed E-state index contributed by atoms with van der Waals surface area (Å²) in [6, 6.07) is 10.9. The number of hydrogen-bond donors (Lipinski definition) is 1. The summed E-state index contributed by atoms with van der Waals surface area (Å²) in [6.45, 7) is 1.33. The summed E-state index contributed by atoms with van der Waals surface area (Å²) >= 11 is 0. The van der Waals surface area contributed by atoms with Crippen LogP contribution in [0.2, 0.25) is 0 Å². The number of nitrogens with zero attached hydrogens (tertiary/aromatic N) is 1. The van der Waals surface area contributed by atoms with E-state index >= 15 is 0 Å². The van der Waals surface area contributed by atoms with Crippen molar-refractivity contribution in [2.24, 2.45) is 0 Å². The molecule has 0 fully saturated rings. The van der Waals surface area contributed by atoms with E-state index in [4.69, 9.17) is 4.74 Å². The minimum absolute atomic E-state index is 0.173. The van der Waals surface area contributed by atoms with E-state index in [1.807, 2.05) is 0 Å². The number of ether oxygens (including phenoxy) is 1. The lowest BCUT2D eigenvalue weighted by Gasteiger charge is -2.24. The molecule has 0 aliphatic carbocycles. The van der Waals surface area contributed by atoms with Gasteiger partial charge in [-0.05, 0) is 36.8 Å². The van der Waals surface area contributed by atoms with E-state index in [2.05, 4.69) is 5.32 Å². The molecule has 158 valence electrons. The second-order valence-corrected chi connectivity index (χ2v) is 8.05. The zero-order valence-electron chi connectivity index (χ0n) is 15.9. The van der Waals surface area contributed by atoms with Crippen LogP contribution in [0.1, 0.15) is 18.1 Å². The quantitative estimate of drug-likeness (QED) is 0.698. The van der Waals surface area contributed by atoms with Crippen LogP contribution in [0.3, 0.4) is 0 Å². The number of carbonyl (C=O) groups is 1. The van der Waals surface area contributed by atoms with Gasteiger partial charge in [-0.15, -0.1) is 0 Å². The fraction of sp³-hybridized carbons (Fsp3) is 0.316. The third kappa shape index (κ3) is 6.38. The largest absolute Gasteiger partial charge is 0.492 e. The summed E-state index contributed by atoms with van der Waals surface area (Å²) in [5, 5.41) is 2.45. The van der Waals surface area contributed by atoms with E-state index in [9.17, 15) is 26.4 Å². The Labute approximate surface area is 167 Å². The average molecular weight is 430 g/mol. The van der Waals surface area contributed by atoms with Gasteiger partial charge in [0, 0.05) is 6.54 Å². The zero-order valence-corrected chi connectivity index (χ0v) is 16.7. The average Bonchev–Trinajstić information content (AvgIpc) is 2.64. The molecular formula is C19H21F3N2O4S. The number of rotatable bonds is 8. The summed E-state index contributed by atoms with van der Waals surface area (Å²) in [7, 11) is -3.82. The Balaban J connectivity index is 2.15. The summed E-state index contributed by atoms with van der Waals surface area (Å²) in [5.74, 6) is -0.370. The number of carbonyl (C=O) groups excluding carboxylic acids is 1. The molecule has 0 aliphatic rings. The fourth-order valence-corrected chi connectivity index (χ4v) is 3.43. The van der Waals surface area contributed by atoms with Gasteiger partial charge in [0.05, 0.1) is 24.1 Å². The molecule has 0 spiro atoms. The highest BCUT2D eigenvalue weighted by atomic mass is 32.2. The molecule has 0 heterocycles. The van der Waals surface area contributed by atoms with Crippen molar-refractivity contribution in [2.45, 2.75) is 19.6 Å². The van der Waals surface area contributed by atoms with Crippen LogP contribution in [-0.4, -0.2) is 33.7 Å². The monoisotopic (exact) mass is 430 g/mol. The van der Waals surface area contributed by atoms with E-state index in [-0.39, 0.29) is 17.8 Å². The molecule has 0 radical (unpaired) electrons. The van der Waals surface area contributed by atoms with Gasteiger partial charge in [0.15, 0.2) is 0 Å². The van der Waals surface area contributed by atoms with Crippen LogP contribution >= 0.6 is 0 Å². The first kappa shape index (κ1) is 22.5. The fourth-order valence-electron chi connectivity index (χ4n) is 2.57. The van der Waals surface area contributed by atoms with E-state index < -0.39 is 34.2 Å². The smallest absolute Gasteiger partial charge is 0.416 e. The number of amides is 1. The predicted octanol–water partition coefficient (Wildman–Crippen LogP) is 3.19. The standard InChI is InChI=1S/C19H21F3N2O4S/c1-3-28-17-10-5-4-9-16(17)24(29(2,26)27)13-18(25)23-12-14-7-6-8-15(11-14)19(20,21)22/h4-11H,3,12-13H2,1-2H3,(H,23,25). The van der Waals surface area contributed by atoms with Crippen LogP contribution in [-0.2, 0) is 27.5 Å². The maximum Gasteiger partial charge on any atom is 0.416 e. The maximum absolute atomic E-state index is 12.8. The molecule has 2 aromatic rings. The highest BCUT2D eigenvalue weighted by Crippen LogP contribution is 2.30. The Morgan fingerprint density at radius 1 is 1.14 bits per heavy atom. The van der Waals surface area contributed by atoms with Crippen molar-refractivity contribution in [3.8, 4) is 5.75 Å². The molecule has 0 bridgehead atoms. The Morgan fingerprint density at radius 3 is 2.45 bits per heavy atom. The molecule has 2 rings (SSSR count). The number of sulfonamides is 1. The molecule has 0 unspecified atom stereocenters. The van der Waals surface area contributed by atoms with Crippen molar-refractivity contribution in [3.05, 3.63) is 59.7 Å². The summed E-state index contributed by atoms with van der Waals surface area (Å²) < 4.78 is 69.1. The number of anilines is 1. The number of benzene rings is 2. The molecule has 1 amide bonds. The predicted molar refractivity (Wildman–Crippen MR) is 103 cm³/mol. The minimum Gasteiger partial charge on any atom is -0.492 e. The van der Waals surface area contributed by atoms with Gasteiger partial charge < -0.3 is 10.1 Å². The Bertz CT molecular complexity index is 962. The minimum atomic E-state index is -4.49. The normalized spacial score (nSPS) is 11.8. The maximum atomic E-state index is 12.8. The first-order valence-electron chi connectivity index (χ1n) is 8.64. The first-order valence-corrected chi connectivity index (χ1v) is 10.5. The SMILES string of the molecule is CCOc1ccccc1N(CC(=O)NCc1cccc(C(F)(F)F)c1)S(C)(=O)=O. The van der Waals surface area contributed by atoms with E-state index in [0.717, 1.165) is 22.7 Å². The molecule has 0 aliphatic heterocycles.